The lowest BCUT2D eigenvalue weighted by Gasteiger charge is -2.21. The molecule has 0 aromatic heterocycles. The Morgan fingerprint density at radius 3 is 2.60 bits per heavy atom. The molecule has 0 unspecified atom stereocenters. The number of carbonyl (C=O) groups excluding carboxylic acids is 1. The molecule has 0 bridgehead atoms. The van der Waals surface area contributed by atoms with Crippen molar-refractivity contribution in [3.8, 4) is 0 Å². The number of nitrogens with two attached hydrogens (primary N) is 1. The highest BCUT2D eigenvalue weighted by Gasteiger charge is 2.11. The van der Waals surface area contributed by atoms with Gasteiger partial charge >= 0.3 is 6.03 Å². The average Bonchev–Trinajstić information content (AvgIpc) is 2.29. The highest BCUT2D eigenvalue weighted by molar-refractivity contribution is 5.91. The van der Waals surface area contributed by atoms with E-state index in [9.17, 15) is 4.79 Å². The minimum Gasteiger partial charge on any atom is -0.336 e. The number of nitrogens with one attached hydrogen (secondary N) is 1. The summed E-state index contributed by atoms with van der Waals surface area (Å²) in [5, 5.41) is 2.74. The molecular formula is C11H17N3O. The molecule has 3 N–H and O–H groups in total. The zero-order valence-corrected chi connectivity index (χ0v) is 8.94. The molecule has 1 aromatic carbocycles. The molecule has 0 fully saturated rings. The number of carbonyl (C=O) groups is 1. The molecule has 0 radical (unpaired) electrons. The first-order chi connectivity index (χ1) is 7.29. The Balaban J connectivity index is 2.67. The van der Waals surface area contributed by atoms with Gasteiger partial charge < -0.3 is 11.1 Å². The number of urea groups is 1. The highest BCUT2D eigenvalue weighted by Crippen LogP contribution is 2.12. The Kier molecular flexibility index (Phi) is 4.63. The Morgan fingerprint density at radius 2 is 2.07 bits per heavy atom. The van der Waals surface area contributed by atoms with Crippen LogP contribution in [0.2, 0.25) is 0 Å². The van der Waals surface area contributed by atoms with Crippen LogP contribution in [0.15, 0.2) is 30.3 Å². The average molecular weight is 207 g/mol. The van der Waals surface area contributed by atoms with Crippen LogP contribution in [0.25, 0.3) is 0 Å². The fourth-order valence-electron chi connectivity index (χ4n) is 1.33. The zero-order chi connectivity index (χ0) is 11.1. The number of nitrogens with zero attached hydrogens (tertiary/aromatic N) is 1. The van der Waals surface area contributed by atoms with E-state index < -0.39 is 0 Å². The number of benzene rings is 1. The number of hydrogen-bond donors (Lipinski definition) is 2. The predicted octanol–water partition coefficient (Wildman–Crippen LogP) is 1.18. The van der Waals surface area contributed by atoms with Gasteiger partial charge in [0, 0.05) is 25.3 Å². The van der Waals surface area contributed by atoms with Crippen molar-refractivity contribution in [1.29, 1.82) is 0 Å². The molecule has 2 amide bonds. The van der Waals surface area contributed by atoms with Crippen LogP contribution in [0.1, 0.15) is 6.92 Å². The minimum absolute atomic E-state index is 0.103. The number of anilines is 1. The van der Waals surface area contributed by atoms with Crippen LogP contribution in [0.5, 0.6) is 0 Å². The van der Waals surface area contributed by atoms with Crippen molar-refractivity contribution in [3.05, 3.63) is 30.3 Å². The Labute approximate surface area is 90.1 Å². The lowest BCUT2D eigenvalue weighted by atomic mass is 10.3. The van der Waals surface area contributed by atoms with Gasteiger partial charge in [-0.2, -0.15) is 0 Å². The molecule has 0 heterocycles. The smallest absolute Gasteiger partial charge is 0.321 e. The summed E-state index contributed by atoms with van der Waals surface area (Å²) in [5.74, 6) is 0. The SMILES string of the molecule is CCN(C(=O)NCCN)c1ccccc1. The van der Waals surface area contributed by atoms with Gasteiger partial charge in [0.15, 0.2) is 0 Å². The van der Waals surface area contributed by atoms with Gasteiger partial charge in [0.05, 0.1) is 0 Å². The molecule has 1 rings (SSSR count). The van der Waals surface area contributed by atoms with Crippen LogP contribution < -0.4 is 16.0 Å². The maximum absolute atomic E-state index is 11.7. The molecule has 15 heavy (non-hydrogen) atoms. The second-order valence-electron chi connectivity index (χ2n) is 3.10. The maximum Gasteiger partial charge on any atom is 0.321 e. The summed E-state index contributed by atoms with van der Waals surface area (Å²) in [6, 6.07) is 9.46. The third-order valence-electron chi connectivity index (χ3n) is 2.05. The van der Waals surface area contributed by atoms with Gasteiger partial charge in [-0.05, 0) is 19.1 Å². The fourth-order valence-corrected chi connectivity index (χ4v) is 1.33. The van der Waals surface area contributed by atoms with Crippen molar-refractivity contribution in [1.82, 2.24) is 5.32 Å². The summed E-state index contributed by atoms with van der Waals surface area (Å²) >= 11 is 0. The molecule has 0 spiro atoms. The quantitative estimate of drug-likeness (QED) is 0.779. The first-order valence-corrected chi connectivity index (χ1v) is 5.10. The molecular weight excluding hydrogens is 190 g/mol. The van der Waals surface area contributed by atoms with Gasteiger partial charge in [0.2, 0.25) is 0 Å². The Morgan fingerprint density at radius 1 is 1.40 bits per heavy atom. The van der Waals surface area contributed by atoms with E-state index in [1.807, 2.05) is 37.3 Å². The van der Waals surface area contributed by atoms with E-state index in [4.69, 9.17) is 5.73 Å². The second-order valence-corrected chi connectivity index (χ2v) is 3.10. The number of para-hydroxylation sites is 1. The number of hydrogen-bond acceptors (Lipinski definition) is 2. The lowest BCUT2D eigenvalue weighted by molar-refractivity contribution is 0.247. The lowest BCUT2D eigenvalue weighted by Crippen LogP contribution is -2.41. The zero-order valence-electron chi connectivity index (χ0n) is 8.94. The van der Waals surface area contributed by atoms with Crippen molar-refractivity contribution in [2.75, 3.05) is 24.5 Å². The van der Waals surface area contributed by atoms with Crippen molar-refractivity contribution in [3.63, 3.8) is 0 Å². The summed E-state index contributed by atoms with van der Waals surface area (Å²) in [5.41, 5.74) is 6.22. The van der Waals surface area contributed by atoms with E-state index in [1.165, 1.54) is 0 Å². The summed E-state index contributed by atoms with van der Waals surface area (Å²) in [4.78, 5) is 13.4. The molecule has 0 saturated heterocycles. The van der Waals surface area contributed by atoms with Crippen LogP contribution in [0.3, 0.4) is 0 Å². The normalized spacial score (nSPS) is 9.73. The summed E-state index contributed by atoms with van der Waals surface area (Å²) < 4.78 is 0. The van der Waals surface area contributed by atoms with Gasteiger partial charge in [-0.15, -0.1) is 0 Å². The van der Waals surface area contributed by atoms with E-state index in [0.29, 0.717) is 19.6 Å². The Bertz CT molecular complexity index is 300. The van der Waals surface area contributed by atoms with Crippen LogP contribution in [-0.4, -0.2) is 25.7 Å². The molecule has 0 saturated carbocycles. The first-order valence-electron chi connectivity index (χ1n) is 5.10. The van der Waals surface area contributed by atoms with Gasteiger partial charge in [-0.25, -0.2) is 4.79 Å². The van der Waals surface area contributed by atoms with Gasteiger partial charge in [-0.1, -0.05) is 18.2 Å². The van der Waals surface area contributed by atoms with Crippen molar-refractivity contribution in [2.24, 2.45) is 5.73 Å². The van der Waals surface area contributed by atoms with Crippen LogP contribution in [0.4, 0.5) is 10.5 Å². The Hall–Kier alpha value is -1.55. The summed E-state index contributed by atoms with van der Waals surface area (Å²) in [6.45, 7) is 3.54. The molecule has 0 aliphatic heterocycles. The third kappa shape index (κ3) is 3.25. The van der Waals surface area contributed by atoms with Crippen molar-refractivity contribution >= 4 is 11.7 Å². The summed E-state index contributed by atoms with van der Waals surface area (Å²) in [7, 11) is 0. The van der Waals surface area contributed by atoms with Gasteiger partial charge in [0.1, 0.15) is 0 Å². The molecule has 0 aliphatic rings. The van der Waals surface area contributed by atoms with Crippen LogP contribution in [-0.2, 0) is 0 Å². The molecule has 4 heteroatoms. The van der Waals surface area contributed by atoms with E-state index in [-0.39, 0.29) is 6.03 Å². The number of rotatable bonds is 4. The molecule has 0 aliphatic carbocycles. The van der Waals surface area contributed by atoms with E-state index in [1.54, 1.807) is 4.90 Å². The van der Waals surface area contributed by atoms with Gasteiger partial charge in [-0.3, -0.25) is 4.90 Å². The topological polar surface area (TPSA) is 58.4 Å². The molecule has 0 atom stereocenters. The molecule has 4 nitrogen and oxygen atoms in total. The van der Waals surface area contributed by atoms with Crippen molar-refractivity contribution in [2.45, 2.75) is 6.92 Å². The molecule has 82 valence electrons. The monoisotopic (exact) mass is 207 g/mol. The molecule has 1 aromatic rings. The fraction of sp³-hybridized carbons (Fsp3) is 0.364. The third-order valence-corrected chi connectivity index (χ3v) is 2.05. The second kappa shape index (κ2) is 6.03. The van der Waals surface area contributed by atoms with E-state index in [2.05, 4.69) is 5.32 Å². The van der Waals surface area contributed by atoms with E-state index >= 15 is 0 Å². The van der Waals surface area contributed by atoms with Crippen LogP contribution in [0, 0.1) is 0 Å². The van der Waals surface area contributed by atoms with E-state index in [0.717, 1.165) is 5.69 Å². The predicted molar refractivity (Wildman–Crippen MR) is 61.9 cm³/mol. The number of amides is 2. The van der Waals surface area contributed by atoms with Gasteiger partial charge in [0.25, 0.3) is 0 Å². The van der Waals surface area contributed by atoms with Crippen molar-refractivity contribution < 1.29 is 4.79 Å². The highest BCUT2D eigenvalue weighted by atomic mass is 16.2. The summed E-state index contributed by atoms with van der Waals surface area (Å²) in [6.07, 6.45) is 0. The van der Waals surface area contributed by atoms with Crippen LogP contribution >= 0.6 is 0 Å². The maximum atomic E-state index is 11.7. The minimum atomic E-state index is -0.103. The first kappa shape index (κ1) is 11.5. The standard InChI is InChI=1S/C11H17N3O/c1-2-14(11(15)13-9-8-12)10-6-4-3-5-7-10/h3-7H,2,8-9,12H2,1H3,(H,13,15). The largest absolute Gasteiger partial charge is 0.336 e.